The molecule has 0 spiro atoms. The Morgan fingerprint density at radius 2 is 2.07 bits per heavy atom. The second-order valence-electron chi connectivity index (χ2n) is 6.59. The number of rotatable bonds is 3. The van der Waals surface area contributed by atoms with E-state index in [0.717, 1.165) is 12.8 Å². The van der Waals surface area contributed by atoms with Crippen LogP contribution in [0, 0.1) is 23.6 Å². The summed E-state index contributed by atoms with van der Waals surface area (Å²) in [4.78, 5) is 12.4. The topological polar surface area (TPSA) is 67.8 Å². The van der Waals surface area contributed by atoms with Gasteiger partial charge in [-0.05, 0) is 43.2 Å². The minimum atomic E-state index is -0.613. The number of carbonyl (C=O) groups excluding carboxylic acids is 1. The molecule has 0 saturated heterocycles. The first-order chi connectivity index (χ1) is 13.1. The van der Waals surface area contributed by atoms with Gasteiger partial charge in [0.05, 0.1) is 12.2 Å². The second kappa shape index (κ2) is 7.29. The molecule has 0 aromatic heterocycles. The summed E-state index contributed by atoms with van der Waals surface area (Å²) < 4.78 is 25.4. The molecule has 1 unspecified atom stereocenters. The highest BCUT2D eigenvalue weighted by Crippen LogP contribution is 2.34. The maximum Gasteiger partial charge on any atom is 0.258 e. The molecular weight excluding hydrogens is 349 g/mol. The van der Waals surface area contributed by atoms with E-state index in [1.807, 2.05) is 0 Å². The number of nitrogens with one attached hydrogen (secondary N) is 1. The fourth-order valence-corrected chi connectivity index (χ4v) is 2.67. The number of carbonyl (C=O) groups is 1. The number of benzene rings is 2. The van der Waals surface area contributed by atoms with Crippen molar-refractivity contribution in [2.24, 2.45) is 5.92 Å². The summed E-state index contributed by atoms with van der Waals surface area (Å²) in [7, 11) is 0. The van der Waals surface area contributed by atoms with Gasteiger partial charge in [0.1, 0.15) is 12.4 Å². The number of halogens is 1. The lowest BCUT2D eigenvalue weighted by molar-refractivity contribution is 0.0457. The minimum Gasteiger partial charge on any atom is -0.486 e. The number of hydrogen-bond donors (Lipinski definition) is 2. The van der Waals surface area contributed by atoms with Crippen LogP contribution in [0.5, 0.6) is 11.5 Å². The number of amides is 1. The third-order valence-corrected chi connectivity index (χ3v) is 4.34. The molecule has 0 bridgehead atoms. The highest BCUT2D eigenvalue weighted by atomic mass is 19.1. The third kappa shape index (κ3) is 4.04. The highest BCUT2D eigenvalue weighted by Gasteiger charge is 2.21. The molecule has 4 rings (SSSR count). The van der Waals surface area contributed by atoms with Crippen molar-refractivity contribution in [1.82, 2.24) is 0 Å². The third-order valence-electron chi connectivity index (χ3n) is 4.34. The maximum absolute atomic E-state index is 14.3. The number of aliphatic hydroxyl groups is 1. The summed E-state index contributed by atoms with van der Waals surface area (Å²) >= 11 is 0. The molecule has 0 radical (unpaired) electrons. The summed E-state index contributed by atoms with van der Waals surface area (Å²) in [6.45, 7) is 0.0805. The summed E-state index contributed by atoms with van der Waals surface area (Å²) in [6, 6.07) is 9.24. The fourth-order valence-electron chi connectivity index (χ4n) is 2.67. The molecule has 1 amide bonds. The van der Waals surface area contributed by atoms with Crippen LogP contribution < -0.4 is 14.8 Å². The molecule has 2 N–H and O–H groups in total. The van der Waals surface area contributed by atoms with Crippen molar-refractivity contribution in [3.8, 4) is 23.3 Å². The quantitative estimate of drug-likeness (QED) is 0.819. The predicted molar refractivity (Wildman–Crippen MR) is 97.4 cm³/mol. The van der Waals surface area contributed by atoms with Crippen LogP contribution in [0.3, 0.4) is 0 Å². The van der Waals surface area contributed by atoms with E-state index in [9.17, 15) is 9.18 Å². The van der Waals surface area contributed by atoms with E-state index in [4.69, 9.17) is 14.6 Å². The number of aliphatic hydroxyl groups excluding tert-OH is 1. The van der Waals surface area contributed by atoms with Crippen molar-refractivity contribution >= 4 is 11.6 Å². The van der Waals surface area contributed by atoms with Gasteiger partial charge in [0.25, 0.3) is 5.91 Å². The average Bonchev–Trinajstić information content (AvgIpc) is 3.50. The molecule has 27 heavy (non-hydrogen) atoms. The second-order valence-corrected chi connectivity index (χ2v) is 6.59. The Balaban J connectivity index is 1.47. The van der Waals surface area contributed by atoms with E-state index in [2.05, 4.69) is 17.2 Å². The van der Waals surface area contributed by atoms with E-state index < -0.39 is 17.8 Å². The predicted octanol–water partition coefficient (Wildman–Crippen LogP) is 2.97. The van der Waals surface area contributed by atoms with Crippen molar-refractivity contribution in [3.05, 3.63) is 53.3 Å². The van der Waals surface area contributed by atoms with Crippen LogP contribution >= 0.6 is 0 Å². The first-order valence-corrected chi connectivity index (χ1v) is 8.79. The van der Waals surface area contributed by atoms with Crippen LogP contribution in [-0.4, -0.2) is 30.3 Å². The molecule has 1 saturated carbocycles. The van der Waals surface area contributed by atoms with E-state index in [1.165, 1.54) is 12.1 Å². The monoisotopic (exact) mass is 367 g/mol. The Kier molecular flexibility index (Phi) is 4.69. The van der Waals surface area contributed by atoms with Gasteiger partial charge in [-0.2, -0.15) is 0 Å². The molecule has 1 heterocycles. The molecule has 2 aromatic rings. The van der Waals surface area contributed by atoms with Gasteiger partial charge < -0.3 is 19.9 Å². The molecule has 1 atom stereocenters. The Hall–Kier alpha value is -3.04. The number of ether oxygens (including phenoxy) is 2. The lowest BCUT2D eigenvalue weighted by Gasteiger charge is -2.25. The van der Waals surface area contributed by atoms with Gasteiger partial charge >= 0.3 is 0 Å². The molecule has 1 aliphatic carbocycles. The van der Waals surface area contributed by atoms with Gasteiger partial charge in [0.15, 0.2) is 17.6 Å². The van der Waals surface area contributed by atoms with Crippen LogP contribution in [-0.2, 0) is 0 Å². The largest absolute Gasteiger partial charge is 0.486 e. The minimum absolute atomic E-state index is 0.0535. The fraction of sp³-hybridized carbons (Fsp3) is 0.286. The summed E-state index contributed by atoms with van der Waals surface area (Å²) in [5.74, 6) is 6.21. The smallest absolute Gasteiger partial charge is 0.258 e. The lowest BCUT2D eigenvalue weighted by atomic mass is 10.1. The van der Waals surface area contributed by atoms with Crippen molar-refractivity contribution in [3.63, 3.8) is 0 Å². The van der Waals surface area contributed by atoms with Crippen molar-refractivity contribution in [2.45, 2.75) is 18.9 Å². The maximum atomic E-state index is 14.3. The summed E-state index contributed by atoms with van der Waals surface area (Å²) in [5.41, 5.74) is 0.970. The van der Waals surface area contributed by atoms with Gasteiger partial charge in [-0.1, -0.05) is 11.8 Å². The van der Waals surface area contributed by atoms with Gasteiger partial charge in [-0.25, -0.2) is 4.39 Å². The van der Waals surface area contributed by atoms with Gasteiger partial charge in [0.2, 0.25) is 0 Å². The Morgan fingerprint density at radius 3 is 2.81 bits per heavy atom. The lowest BCUT2D eigenvalue weighted by Crippen LogP contribution is -2.32. The van der Waals surface area contributed by atoms with E-state index in [0.29, 0.717) is 28.7 Å². The van der Waals surface area contributed by atoms with Crippen LogP contribution in [0.1, 0.15) is 28.8 Å². The molecule has 5 nitrogen and oxygen atoms in total. The molecule has 6 heteroatoms. The Morgan fingerprint density at radius 1 is 1.22 bits per heavy atom. The van der Waals surface area contributed by atoms with Crippen LogP contribution in [0.25, 0.3) is 0 Å². The SMILES string of the molecule is O=C(Nc1ccc2c(c1)OCC(CO)O2)c1ccc(C#CC2CC2)cc1F. The molecular formula is C21H18FNO4. The summed E-state index contributed by atoms with van der Waals surface area (Å²) in [6.07, 6.45) is 1.80. The van der Waals surface area contributed by atoms with Crippen molar-refractivity contribution < 1.29 is 23.8 Å². The van der Waals surface area contributed by atoms with E-state index in [1.54, 1.807) is 24.3 Å². The number of fused-ring (bicyclic) bond motifs is 1. The first kappa shape index (κ1) is 17.4. The molecule has 1 aliphatic heterocycles. The molecule has 1 fully saturated rings. The molecule has 2 aliphatic rings. The van der Waals surface area contributed by atoms with Gasteiger partial charge in [-0.15, -0.1) is 0 Å². The van der Waals surface area contributed by atoms with Crippen molar-refractivity contribution in [2.75, 3.05) is 18.5 Å². The standard InChI is InChI=1S/C21H18FNO4/c22-18-9-14(4-3-13-1-2-13)5-7-17(18)21(25)23-15-6-8-19-20(10-15)26-12-16(11-24)27-19/h5-10,13,16,24H,1-2,11-12H2,(H,23,25). The molecule has 2 aromatic carbocycles. The number of anilines is 1. The van der Waals surface area contributed by atoms with Gasteiger partial charge in [0, 0.05) is 23.2 Å². The molecule has 138 valence electrons. The zero-order valence-corrected chi connectivity index (χ0v) is 14.5. The van der Waals surface area contributed by atoms with E-state index >= 15 is 0 Å². The van der Waals surface area contributed by atoms with Crippen LogP contribution in [0.4, 0.5) is 10.1 Å². The van der Waals surface area contributed by atoms with Crippen LogP contribution in [0.15, 0.2) is 36.4 Å². The first-order valence-electron chi connectivity index (χ1n) is 8.79. The van der Waals surface area contributed by atoms with Gasteiger partial charge in [-0.3, -0.25) is 4.79 Å². The highest BCUT2D eigenvalue weighted by molar-refractivity contribution is 6.04. The van der Waals surface area contributed by atoms with E-state index in [-0.39, 0.29) is 18.8 Å². The summed E-state index contributed by atoms with van der Waals surface area (Å²) in [5, 5.41) is 11.8. The average molecular weight is 367 g/mol. The normalized spacial score (nSPS) is 17.6. The Bertz CT molecular complexity index is 943. The zero-order valence-electron chi connectivity index (χ0n) is 14.5. The Labute approximate surface area is 156 Å². The van der Waals surface area contributed by atoms with Crippen molar-refractivity contribution in [1.29, 1.82) is 0 Å². The zero-order chi connectivity index (χ0) is 18.8. The van der Waals surface area contributed by atoms with Crippen LogP contribution in [0.2, 0.25) is 0 Å². The number of hydrogen-bond acceptors (Lipinski definition) is 4.